The van der Waals surface area contributed by atoms with Gasteiger partial charge in [0.05, 0.1) is 6.54 Å². The van der Waals surface area contributed by atoms with Crippen LogP contribution in [-0.2, 0) is 4.79 Å². The summed E-state index contributed by atoms with van der Waals surface area (Å²) in [7, 11) is 1.78. The molecule has 0 aromatic carbocycles. The van der Waals surface area contributed by atoms with E-state index in [1.807, 2.05) is 6.92 Å². The number of carbonyl (C=O) groups is 1. The lowest BCUT2D eigenvalue weighted by Crippen LogP contribution is -2.35. The molecular formula is C9H16N2O. The number of likely N-dealkylation sites (N-methyl/N-ethyl adjacent to an activating group) is 1. The number of nitrogens with one attached hydrogen (secondary N) is 1. The van der Waals surface area contributed by atoms with Gasteiger partial charge in [-0.25, -0.2) is 0 Å². The Morgan fingerprint density at radius 2 is 2.33 bits per heavy atom. The number of carbonyl (C=O) groups excluding carboxylic acids is 1. The van der Waals surface area contributed by atoms with Gasteiger partial charge < -0.3 is 10.2 Å². The van der Waals surface area contributed by atoms with E-state index in [4.69, 9.17) is 6.42 Å². The van der Waals surface area contributed by atoms with E-state index >= 15 is 0 Å². The van der Waals surface area contributed by atoms with Crippen LogP contribution in [-0.4, -0.2) is 37.5 Å². The summed E-state index contributed by atoms with van der Waals surface area (Å²) in [5.41, 5.74) is 0. The lowest BCUT2D eigenvalue weighted by Gasteiger charge is -2.14. The second-order valence-electron chi connectivity index (χ2n) is 2.54. The van der Waals surface area contributed by atoms with Crippen LogP contribution in [0.2, 0.25) is 0 Å². The van der Waals surface area contributed by atoms with Gasteiger partial charge in [0.1, 0.15) is 0 Å². The Morgan fingerprint density at radius 1 is 1.67 bits per heavy atom. The second-order valence-corrected chi connectivity index (χ2v) is 2.54. The predicted octanol–water partition coefficient (Wildman–Crippen LogP) is 0.0776. The van der Waals surface area contributed by atoms with Gasteiger partial charge in [-0.05, 0) is 6.92 Å². The molecule has 0 spiro atoms. The average molecular weight is 168 g/mol. The number of rotatable bonds is 5. The summed E-state index contributed by atoms with van der Waals surface area (Å²) in [6.07, 6.45) is 5.72. The number of hydrogen-bond donors (Lipinski definition) is 1. The molecule has 0 atom stereocenters. The van der Waals surface area contributed by atoms with Gasteiger partial charge in [0, 0.05) is 26.6 Å². The molecule has 1 amide bonds. The minimum absolute atomic E-state index is 0.106. The third-order valence-corrected chi connectivity index (χ3v) is 1.62. The number of amides is 1. The van der Waals surface area contributed by atoms with Crippen molar-refractivity contribution in [3.8, 4) is 12.3 Å². The summed E-state index contributed by atoms with van der Waals surface area (Å²) >= 11 is 0. The number of terminal acetylenes is 1. The molecule has 0 aromatic rings. The highest BCUT2D eigenvalue weighted by Gasteiger charge is 2.03. The summed E-state index contributed by atoms with van der Waals surface area (Å²) in [5, 5.41) is 2.97. The second kappa shape index (κ2) is 6.68. The van der Waals surface area contributed by atoms with Crippen molar-refractivity contribution in [1.29, 1.82) is 0 Å². The van der Waals surface area contributed by atoms with Gasteiger partial charge in [-0.1, -0.05) is 0 Å². The standard InChI is InChI=1S/C9H16N2O/c1-4-6-7-10-8-9(12)11(3)5-2/h1,10H,5-8H2,2-3H3. The van der Waals surface area contributed by atoms with Crippen molar-refractivity contribution >= 4 is 5.91 Å². The van der Waals surface area contributed by atoms with Crippen LogP contribution in [0.15, 0.2) is 0 Å². The monoisotopic (exact) mass is 168 g/mol. The number of nitrogens with zero attached hydrogens (tertiary/aromatic N) is 1. The fourth-order valence-corrected chi connectivity index (χ4v) is 0.667. The zero-order chi connectivity index (χ0) is 9.40. The maximum Gasteiger partial charge on any atom is 0.236 e. The number of hydrogen-bond acceptors (Lipinski definition) is 2. The molecule has 68 valence electrons. The van der Waals surface area contributed by atoms with Crippen molar-refractivity contribution < 1.29 is 4.79 Å². The maximum atomic E-state index is 11.1. The van der Waals surface area contributed by atoms with Gasteiger partial charge in [0.25, 0.3) is 0 Å². The Kier molecular flexibility index (Phi) is 6.12. The Balaban J connectivity index is 3.39. The third-order valence-electron chi connectivity index (χ3n) is 1.62. The third kappa shape index (κ3) is 4.75. The molecule has 1 N–H and O–H groups in total. The molecule has 0 aliphatic rings. The molecule has 0 unspecified atom stereocenters. The first-order chi connectivity index (χ1) is 5.72. The molecule has 0 aromatic heterocycles. The van der Waals surface area contributed by atoms with Gasteiger partial charge in [-0.15, -0.1) is 12.3 Å². The minimum Gasteiger partial charge on any atom is -0.345 e. The van der Waals surface area contributed by atoms with Crippen LogP contribution in [0, 0.1) is 12.3 Å². The molecule has 0 heterocycles. The van der Waals surface area contributed by atoms with Crippen molar-refractivity contribution in [3.63, 3.8) is 0 Å². The van der Waals surface area contributed by atoms with E-state index < -0.39 is 0 Å². The van der Waals surface area contributed by atoms with Crippen molar-refractivity contribution in [2.24, 2.45) is 0 Å². The molecule has 0 saturated carbocycles. The molecule has 0 fully saturated rings. The highest BCUT2D eigenvalue weighted by Crippen LogP contribution is 1.81. The van der Waals surface area contributed by atoms with E-state index in [0.29, 0.717) is 19.5 Å². The lowest BCUT2D eigenvalue weighted by atomic mass is 10.4. The summed E-state index contributed by atoms with van der Waals surface area (Å²) in [5.74, 6) is 2.60. The van der Waals surface area contributed by atoms with E-state index in [2.05, 4.69) is 11.2 Å². The fourth-order valence-electron chi connectivity index (χ4n) is 0.667. The zero-order valence-corrected chi connectivity index (χ0v) is 7.76. The van der Waals surface area contributed by atoms with E-state index in [-0.39, 0.29) is 5.91 Å². The smallest absolute Gasteiger partial charge is 0.236 e. The Hall–Kier alpha value is -1.01. The zero-order valence-electron chi connectivity index (χ0n) is 7.76. The molecule has 0 aliphatic carbocycles. The Bertz CT molecular complexity index is 172. The Morgan fingerprint density at radius 3 is 2.83 bits per heavy atom. The quantitative estimate of drug-likeness (QED) is 0.465. The largest absolute Gasteiger partial charge is 0.345 e. The topological polar surface area (TPSA) is 32.3 Å². The van der Waals surface area contributed by atoms with Crippen LogP contribution in [0.25, 0.3) is 0 Å². The van der Waals surface area contributed by atoms with Crippen LogP contribution in [0.1, 0.15) is 13.3 Å². The molecule has 0 rings (SSSR count). The summed E-state index contributed by atoms with van der Waals surface area (Å²) < 4.78 is 0. The van der Waals surface area contributed by atoms with E-state index in [0.717, 1.165) is 6.54 Å². The lowest BCUT2D eigenvalue weighted by molar-refractivity contribution is -0.128. The molecule has 0 aliphatic heterocycles. The van der Waals surface area contributed by atoms with Crippen molar-refractivity contribution in [1.82, 2.24) is 10.2 Å². The molecular weight excluding hydrogens is 152 g/mol. The SMILES string of the molecule is C#CCCNCC(=O)N(C)CC. The van der Waals surface area contributed by atoms with E-state index in [1.54, 1.807) is 11.9 Å². The minimum atomic E-state index is 0.106. The highest BCUT2D eigenvalue weighted by molar-refractivity contribution is 5.77. The maximum absolute atomic E-state index is 11.1. The summed E-state index contributed by atoms with van der Waals surface area (Å²) in [4.78, 5) is 12.8. The van der Waals surface area contributed by atoms with Gasteiger partial charge >= 0.3 is 0 Å². The van der Waals surface area contributed by atoms with E-state index in [1.165, 1.54) is 0 Å². The molecule has 0 radical (unpaired) electrons. The van der Waals surface area contributed by atoms with Gasteiger partial charge in [-0.3, -0.25) is 4.79 Å². The fraction of sp³-hybridized carbons (Fsp3) is 0.667. The molecule has 0 bridgehead atoms. The normalized spacial score (nSPS) is 9.08. The van der Waals surface area contributed by atoms with Gasteiger partial charge in [-0.2, -0.15) is 0 Å². The van der Waals surface area contributed by atoms with Crippen molar-refractivity contribution in [3.05, 3.63) is 0 Å². The summed E-state index contributed by atoms with van der Waals surface area (Å²) in [6.45, 7) is 3.78. The van der Waals surface area contributed by atoms with Gasteiger partial charge in [0.2, 0.25) is 5.91 Å². The molecule has 0 saturated heterocycles. The highest BCUT2D eigenvalue weighted by atomic mass is 16.2. The first-order valence-electron chi connectivity index (χ1n) is 4.10. The first-order valence-corrected chi connectivity index (χ1v) is 4.10. The van der Waals surface area contributed by atoms with Crippen LogP contribution in [0.3, 0.4) is 0 Å². The van der Waals surface area contributed by atoms with Crippen LogP contribution >= 0.6 is 0 Å². The van der Waals surface area contributed by atoms with Crippen molar-refractivity contribution in [2.45, 2.75) is 13.3 Å². The molecule has 3 heteroatoms. The molecule has 3 nitrogen and oxygen atoms in total. The average Bonchev–Trinajstić information content (AvgIpc) is 2.10. The van der Waals surface area contributed by atoms with Crippen LogP contribution in [0.5, 0.6) is 0 Å². The summed E-state index contributed by atoms with van der Waals surface area (Å²) in [6, 6.07) is 0. The van der Waals surface area contributed by atoms with E-state index in [9.17, 15) is 4.79 Å². The predicted molar refractivity (Wildman–Crippen MR) is 49.6 cm³/mol. The first kappa shape index (κ1) is 11.0. The molecule has 12 heavy (non-hydrogen) atoms. The van der Waals surface area contributed by atoms with Crippen LogP contribution in [0.4, 0.5) is 0 Å². The van der Waals surface area contributed by atoms with Gasteiger partial charge in [0.15, 0.2) is 0 Å². The van der Waals surface area contributed by atoms with Crippen molar-refractivity contribution in [2.75, 3.05) is 26.7 Å². The van der Waals surface area contributed by atoms with Crippen LogP contribution < -0.4 is 5.32 Å². The Labute approximate surface area is 74.1 Å².